The van der Waals surface area contributed by atoms with Gasteiger partial charge in [0.1, 0.15) is 5.82 Å². The van der Waals surface area contributed by atoms with Crippen LogP contribution in [-0.2, 0) is 0 Å². The van der Waals surface area contributed by atoms with Gasteiger partial charge in [-0.2, -0.15) is 0 Å². The van der Waals surface area contributed by atoms with Crippen molar-refractivity contribution in [3.8, 4) is 0 Å². The van der Waals surface area contributed by atoms with Gasteiger partial charge in [-0.3, -0.25) is 0 Å². The fraction of sp³-hybridized carbons (Fsp3) is 0.562. The molecule has 4 heteroatoms. The molecule has 1 heterocycles. The van der Waals surface area contributed by atoms with E-state index < -0.39 is 0 Å². The van der Waals surface area contributed by atoms with Gasteiger partial charge in [-0.15, -0.1) is 11.6 Å². The third kappa shape index (κ3) is 2.75. The molecule has 0 bridgehead atoms. The van der Waals surface area contributed by atoms with E-state index in [1.807, 2.05) is 6.92 Å². The van der Waals surface area contributed by atoms with Crippen molar-refractivity contribution in [2.24, 2.45) is 5.92 Å². The second-order valence-electron chi connectivity index (χ2n) is 5.83. The molecule has 2 nitrogen and oxygen atoms in total. The van der Waals surface area contributed by atoms with E-state index in [4.69, 9.17) is 16.6 Å². The van der Waals surface area contributed by atoms with Crippen LogP contribution in [0, 0.1) is 5.92 Å². The molecule has 0 spiro atoms. The molecule has 0 N–H and O–H groups in total. The standard InChI is InChI=1S/C16H20BrClN2/c1-3-13(8-11-4-5-11)20-15-7-6-12(17)9-14(15)19-16(20)10(2)18/h6-7,9-11,13H,3-5,8H2,1-2H3. The van der Waals surface area contributed by atoms with Crippen molar-refractivity contribution in [2.45, 2.75) is 50.9 Å². The highest BCUT2D eigenvalue weighted by atomic mass is 79.9. The van der Waals surface area contributed by atoms with Gasteiger partial charge in [0.25, 0.3) is 0 Å². The van der Waals surface area contributed by atoms with Gasteiger partial charge < -0.3 is 4.57 Å². The molecule has 20 heavy (non-hydrogen) atoms. The summed E-state index contributed by atoms with van der Waals surface area (Å²) in [6.07, 6.45) is 5.17. The number of hydrogen-bond donors (Lipinski definition) is 0. The van der Waals surface area contributed by atoms with Gasteiger partial charge in [0.05, 0.1) is 16.4 Å². The Balaban J connectivity index is 2.11. The van der Waals surface area contributed by atoms with E-state index >= 15 is 0 Å². The van der Waals surface area contributed by atoms with Crippen LogP contribution in [-0.4, -0.2) is 9.55 Å². The predicted molar refractivity (Wildman–Crippen MR) is 88.4 cm³/mol. The van der Waals surface area contributed by atoms with Crippen LogP contribution < -0.4 is 0 Å². The fourth-order valence-corrected chi connectivity index (χ4v) is 3.45. The van der Waals surface area contributed by atoms with Crippen molar-refractivity contribution in [1.82, 2.24) is 9.55 Å². The number of nitrogens with zero attached hydrogens (tertiary/aromatic N) is 2. The maximum atomic E-state index is 6.38. The lowest BCUT2D eigenvalue weighted by Crippen LogP contribution is -2.13. The molecule has 1 aliphatic carbocycles. The Morgan fingerprint density at radius 3 is 2.80 bits per heavy atom. The van der Waals surface area contributed by atoms with E-state index in [0.29, 0.717) is 6.04 Å². The van der Waals surface area contributed by atoms with Crippen LogP contribution in [0.2, 0.25) is 0 Å². The van der Waals surface area contributed by atoms with Crippen LogP contribution in [0.3, 0.4) is 0 Å². The van der Waals surface area contributed by atoms with Gasteiger partial charge in [0.2, 0.25) is 0 Å². The quantitative estimate of drug-likeness (QED) is 0.615. The fourth-order valence-electron chi connectivity index (χ4n) is 2.95. The van der Waals surface area contributed by atoms with Crippen molar-refractivity contribution >= 4 is 38.6 Å². The molecule has 0 saturated heterocycles. The number of rotatable bonds is 5. The summed E-state index contributed by atoms with van der Waals surface area (Å²) < 4.78 is 3.45. The minimum absolute atomic E-state index is 0.0607. The number of hydrogen-bond acceptors (Lipinski definition) is 1. The molecule has 3 rings (SSSR count). The lowest BCUT2D eigenvalue weighted by molar-refractivity contribution is 0.425. The van der Waals surface area contributed by atoms with Crippen LogP contribution in [0.1, 0.15) is 56.8 Å². The molecule has 2 aromatic rings. The Bertz CT molecular complexity index is 616. The highest BCUT2D eigenvalue weighted by Crippen LogP contribution is 2.40. The van der Waals surface area contributed by atoms with E-state index in [0.717, 1.165) is 28.2 Å². The average molecular weight is 356 g/mol. The first-order chi connectivity index (χ1) is 9.60. The Kier molecular flexibility index (Phi) is 4.09. The van der Waals surface area contributed by atoms with Crippen molar-refractivity contribution in [3.63, 3.8) is 0 Å². The number of imidazole rings is 1. The van der Waals surface area contributed by atoms with Crippen molar-refractivity contribution in [3.05, 3.63) is 28.5 Å². The summed E-state index contributed by atoms with van der Waals surface area (Å²) in [5.41, 5.74) is 2.25. The first-order valence-corrected chi connectivity index (χ1v) is 8.64. The van der Waals surface area contributed by atoms with Crippen molar-refractivity contribution in [1.29, 1.82) is 0 Å². The predicted octanol–water partition coefficient (Wildman–Crippen LogP) is 5.85. The molecule has 1 fully saturated rings. The Morgan fingerprint density at radius 2 is 2.20 bits per heavy atom. The summed E-state index contributed by atoms with van der Waals surface area (Å²) in [7, 11) is 0. The number of benzene rings is 1. The van der Waals surface area contributed by atoms with Crippen LogP contribution in [0.25, 0.3) is 11.0 Å². The number of aromatic nitrogens is 2. The second-order valence-corrected chi connectivity index (χ2v) is 7.40. The van der Waals surface area contributed by atoms with Gasteiger partial charge in [0, 0.05) is 10.5 Å². The number of fused-ring (bicyclic) bond motifs is 1. The summed E-state index contributed by atoms with van der Waals surface area (Å²) in [6, 6.07) is 6.85. The van der Waals surface area contributed by atoms with Gasteiger partial charge in [-0.1, -0.05) is 35.7 Å². The zero-order valence-corrected chi connectivity index (χ0v) is 14.3. The first kappa shape index (κ1) is 14.4. The highest BCUT2D eigenvalue weighted by Gasteiger charge is 2.28. The van der Waals surface area contributed by atoms with Crippen LogP contribution in [0.4, 0.5) is 0 Å². The maximum Gasteiger partial charge on any atom is 0.127 e. The number of alkyl halides is 1. The molecule has 1 aromatic heterocycles. The number of halogens is 2. The molecular formula is C16H20BrClN2. The Hall–Kier alpha value is -0.540. The third-order valence-electron chi connectivity index (χ3n) is 4.17. The summed E-state index contributed by atoms with van der Waals surface area (Å²) in [5.74, 6) is 1.92. The lowest BCUT2D eigenvalue weighted by atomic mass is 10.1. The van der Waals surface area contributed by atoms with E-state index in [-0.39, 0.29) is 5.38 Å². The van der Waals surface area contributed by atoms with E-state index in [1.165, 1.54) is 24.8 Å². The molecule has 108 valence electrons. The first-order valence-electron chi connectivity index (χ1n) is 7.41. The van der Waals surface area contributed by atoms with Gasteiger partial charge in [-0.05, 0) is 43.9 Å². The molecule has 2 atom stereocenters. The van der Waals surface area contributed by atoms with Gasteiger partial charge in [0.15, 0.2) is 0 Å². The second kappa shape index (κ2) is 5.69. The molecular weight excluding hydrogens is 336 g/mol. The summed E-state index contributed by atoms with van der Waals surface area (Å²) in [5, 5.41) is -0.0607. The Labute approximate surface area is 133 Å². The van der Waals surface area contributed by atoms with E-state index in [2.05, 4.69) is 45.6 Å². The van der Waals surface area contributed by atoms with Gasteiger partial charge >= 0.3 is 0 Å². The molecule has 1 saturated carbocycles. The zero-order chi connectivity index (χ0) is 14.3. The highest BCUT2D eigenvalue weighted by molar-refractivity contribution is 9.10. The van der Waals surface area contributed by atoms with Crippen LogP contribution >= 0.6 is 27.5 Å². The van der Waals surface area contributed by atoms with Crippen molar-refractivity contribution in [2.75, 3.05) is 0 Å². The maximum absolute atomic E-state index is 6.38. The summed E-state index contributed by atoms with van der Waals surface area (Å²) >= 11 is 9.90. The lowest BCUT2D eigenvalue weighted by Gasteiger charge is -2.21. The zero-order valence-electron chi connectivity index (χ0n) is 11.9. The normalized spacial score (nSPS) is 18.4. The smallest absolute Gasteiger partial charge is 0.127 e. The Morgan fingerprint density at radius 1 is 1.45 bits per heavy atom. The van der Waals surface area contributed by atoms with Crippen LogP contribution in [0.15, 0.2) is 22.7 Å². The largest absolute Gasteiger partial charge is 0.324 e. The van der Waals surface area contributed by atoms with Crippen molar-refractivity contribution < 1.29 is 0 Å². The average Bonchev–Trinajstić information content (AvgIpc) is 3.15. The molecule has 0 aliphatic heterocycles. The minimum atomic E-state index is -0.0607. The van der Waals surface area contributed by atoms with Crippen LogP contribution in [0.5, 0.6) is 0 Å². The topological polar surface area (TPSA) is 17.8 Å². The molecule has 0 radical (unpaired) electrons. The monoisotopic (exact) mass is 354 g/mol. The van der Waals surface area contributed by atoms with Gasteiger partial charge in [-0.25, -0.2) is 4.98 Å². The SMILES string of the molecule is CCC(CC1CC1)n1c(C(C)Cl)nc2cc(Br)ccc21. The molecule has 1 aromatic carbocycles. The minimum Gasteiger partial charge on any atom is -0.324 e. The van der Waals surface area contributed by atoms with E-state index in [9.17, 15) is 0 Å². The molecule has 0 amide bonds. The molecule has 1 aliphatic rings. The summed E-state index contributed by atoms with van der Waals surface area (Å²) in [4.78, 5) is 4.77. The third-order valence-corrected chi connectivity index (χ3v) is 4.86. The van der Waals surface area contributed by atoms with E-state index in [1.54, 1.807) is 0 Å². The summed E-state index contributed by atoms with van der Waals surface area (Å²) in [6.45, 7) is 4.28. The molecule has 2 unspecified atom stereocenters.